The normalized spacial score (nSPS) is 23.6. The minimum atomic E-state index is -3.56. The van der Waals surface area contributed by atoms with Crippen LogP contribution in [-0.4, -0.2) is 32.4 Å². The number of benzene rings is 1. The number of hydrogen-bond acceptors (Lipinski definition) is 3. The summed E-state index contributed by atoms with van der Waals surface area (Å²) in [5.41, 5.74) is 5.56. The lowest BCUT2D eigenvalue weighted by Crippen LogP contribution is -2.34. The second-order valence-corrected chi connectivity index (χ2v) is 8.29. The van der Waals surface area contributed by atoms with Gasteiger partial charge < -0.3 is 5.73 Å². The Labute approximate surface area is 139 Å². The molecule has 1 atom stereocenters. The van der Waals surface area contributed by atoms with E-state index in [1.54, 1.807) is 12.1 Å². The Bertz CT molecular complexity index is 597. The Morgan fingerprint density at radius 3 is 2.70 bits per heavy atom. The average Bonchev–Trinajstić information content (AvgIpc) is 2.77. The number of sulfonamides is 1. The van der Waals surface area contributed by atoms with Crippen molar-refractivity contribution in [3.8, 4) is 0 Å². The molecular formula is C12H17BrCl2N2O2S. The molecule has 0 saturated carbocycles. The zero-order chi connectivity index (χ0) is 14.3. The molecule has 1 aromatic carbocycles. The van der Waals surface area contributed by atoms with E-state index in [2.05, 4.69) is 15.9 Å². The Kier molecular flexibility index (Phi) is 5.92. The van der Waals surface area contributed by atoms with Gasteiger partial charge in [-0.2, -0.15) is 4.31 Å². The van der Waals surface area contributed by atoms with Gasteiger partial charge in [-0.05, 0) is 46.4 Å². The van der Waals surface area contributed by atoms with Crippen LogP contribution in [-0.2, 0) is 10.0 Å². The van der Waals surface area contributed by atoms with Crippen LogP contribution < -0.4 is 5.73 Å². The molecule has 0 spiro atoms. The van der Waals surface area contributed by atoms with Crippen molar-refractivity contribution in [1.29, 1.82) is 0 Å². The van der Waals surface area contributed by atoms with Gasteiger partial charge in [-0.25, -0.2) is 8.42 Å². The second-order valence-electron chi connectivity index (χ2n) is 5.16. The van der Waals surface area contributed by atoms with Crippen molar-refractivity contribution in [1.82, 2.24) is 4.31 Å². The third kappa shape index (κ3) is 3.31. The fourth-order valence-corrected chi connectivity index (χ4v) is 4.77. The SMILES string of the molecule is CC1(CN)CCN(S(=O)(=O)c2cccc(Br)c2Cl)C1.Cl. The summed E-state index contributed by atoms with van der Waals surface area (Å²) >= 11 is 9.33. The van der Waals surface area contributed by atoms with Crippen LogP contribution in [0.2, 0.25) is 5.02 Å². The molecule has 1 aliphatic heterocycles. The van der Waals surface area contributed by atoms with E-state index in [1.807, 2.05) is 6.92 Å². The minimum Gasteiger partial charge on any atom is -0.330 e. The third-order valence-corrected chi connectivity index (χ3v) is 6.85. The molecule has 1 unspecified atom stereocenters. The van der Waals surface area contributed by atoms with Crippen LogP contribution in [0.1, 0.15) is 13.3 Å². The summed E-state index contributed by atoms with van der Waals surface area (Å²) in [6.45, 7) is 3.41. The summed E-state index contributed by atoms with van der Waals surface area (Å²) in [4.78, 5) is 0.143. The molecule has 0 aliphatic carbocycles. The summed E-state index contributed by atoms with van der Waals surface area (Å²) in [6.07, 6.45) is 0.772. The first-order valence-electron chi connectivity index (χ1n) is 5.94. The van der Waals surface area contributed by atoms with Gasteiger partial charge in [0, 0.05) is 17.6 Å². The summed E-state index contributed by atoms with van der Waals surface area (Å²) < 4.78 is 27.2. The lowest BCUT2D eigenvalue weighted by Gasteiger charge is -2.22. The van der Waals surface area contributed by atoms with Crippen LogP contribution in [0.4, 0.5) is 0 Å². The maximum Gasteiger partial charge on any atom is 0.244 e. The third-order valence-electron chi connectivity index (χ3n) is 3.55. The number of nitrogens with two attached hydrogens (primary N) is 1. The Morgan fingerprint density at radius 1 is 1.50 bits per heavy atom. The smallest absolute Gasteiger partial charge is 0.244 e. The van der Waals surface area contributed by atoms with Crippen LogP contribution in [0.25, 0.3) is 0 Å². The summed E-state index contributed by atoms with van der Waals surface area (Å²) in [6, 6.07) is 4.91. The van der Waals surface area contributed by atoms with Crippen molar-refractivity contribution in [3.05, 3.63) is 27.7 Å². The molecule has 20 heavy (non-hydrogen) atoms. The maximum atomic E-state index is 12.6. The van der Waals surface area contributed by atoms with E-state index in [4.69, 9.17) is 17.3 Å². The molecule has 2 rings (SSSR count). The van der Waals surface area contributed by atoms with E-state index in [1.165, 1.54) is 10.4 Å². The van der Waals surface area contributed by atoms with Gasteiger partial charge in [0.1, 0.15) is 4.90 Å². The van der Waals surface area contributed by atoms with E-state index in [0.29, 0.717) is 24.1 Å². The number of hydrogen-bond donors (Lipinski definition) is 1. The van der Waals surface area contributed by atoms with Crippen LogP contribution in [0.3, 0.4) is 0 Å². The molecule has 1 aromatic rings. The molecule has 114 valence electrons. The topological polar surface area (TPSA) is 63.4 Å². The monoisotopic (exact) mass is 402 g/mol. The summed E-state index contributed by atoms with van der Waals surface area (Å²) in [5.74, 6) is 0. The van der Waals surface area contributed by atoms with E-state index in [9.17, 15) is 8.42 Å². The maximum absolute atomic E-state index is 12.6. The Morgan fingerprint density at radius 2 is 2.15 bits per heavy atom. The fourth-order valence-electron chi connectivity index (χ4n) is 2.17. The fraction of sp³-hybridized carbons (Fsp3) is 0.500. The largest absolute Gasteiger partial charge is 0.330 e. The quantitative estimate of drug-likeness (QED) is 0.843. The lowest BCUT2D eigenvalue weighted by atomic mass is 9.90. The highest BCUT2D eigenvalue weighted by Gasteiger charge is 2.39. The zero-order valence-corrected chi connectivity index (χ0v) is 14.9. The molecule has 1 aliphatic rings. The van der Waals surface area contributed by atoms with Gasteiger partial charge in [-0.1, -0.05) is 24.6 Å². The van der Waals surface area contributed by atoms with Gasteiger partial charge in [0.05, 0.1) is 5.02 Å². The molecular weight excluding hydrogens is 387 g/mol. The number of rotatable bonds is 3. The van der Waals surface area contributed by atoms with Gasteiger partial charge >= 0.3 is 0 Å². The first-order chi connectivity index (χ1) is 8.80. The van der Waals surface area contributed by atoms with Crippen molar-refractivity contribution >= 4 is 50.0 Å². The molecule has 0 amide bonds. The highest BCUT2D eigenvalue weighted by atomic mass is 79.9. The standard InChI is InChI=1S/C12H16BrClN2O2S.ClH/c1-12(7-15)5-6-16(8-12)19(17,18)10-4-2-3-9(13)11(10)14;/h2-4H,5-8,15H2,1H3;1H. The molecule has 4 nitrogen and oxygen atoms in total. The van der Waals surface area contributed by atoms with Crippen molar-refractivity contribution in [2.75, 3.05) is 19.6 Å². The van der Waals surface area contributed by atoms with E-state index >= 15 is 0 Å². The van der Waals surface area contributed by atoms with Crippen molar-refractivity contribution in [2.45, 2.75) is 18.2 Å². The molecule has 0 bridgehead atoms. The van der Waals surface area contributed by atoms with E-state index in [-0.39, 0.29) is 27.7 Å². The first kappa shape index (κ1) is 18.2. The van der Waals surface area contributed by atoms with Gasteiger partial charge in [0.15, 0.2) is 0 Å². The summed E-state index contributed by atoms with van der Waals surface area (Å²) in [7, 11) is -3.56. The van der Waals surface area contributed by atoms with Crippen LogP contribution >= 0.6 is 39.9 Å². The molecule has 1 heterocycles. The molecule has 2 N–H and O–H groups in total. The molecule has 8 heteroatoms. The first-order valence-corrected chi connectivity index (χ1v) is 8.55. The van der Waals surface area contributed by atoms with E-state index in [0.717, 1.165) is 6.42 Å². The van der Waals surface area contributed by atoms with Gasteiger partial charge in [-0.3, -0.25) is 0 Å². The lowest BCUT2D eigenvalue weighted by molar-refractivity contribution is 0.349. The van der Waals surface area contributed by atoms with E-state index < -0.39 is 10.0 Å². The van der Waals surface area contributed by atoms with Crippen LogP contribution in [0, 0.1) is 5.41 Å². The van der Waals surface area contributed by atoms with Crippen molar-refractivity contribution in [2.24, 2.45) is 11.1 Å². The predicted octanol–water partition coefficient (Wildman–Crippen LogP) is 2.88. The second kappa shape index (κ2) is 6.50. The molecule has 1 fully saturated rings. The summed E-state index contributed by atoms with van der Waals surface area (Å²) in [5, 5.41) is 0.226. The van der Waals surface area contributed by atoms with Crippen molar-refractivity contribution < 1.29 is 8.42 Å². The Hall–Kier alpha value is 0.150. The van der Waals surface area contributed by atoms with Crippen molar-refractivity contribution in [3.63, 3.8) is 0 Å². The highest BCUT2D eigenvalue weighted by molar-refractivity contribution is 9.10. The zero-order valence-electron chi connectivity index (χ0n) is 11.0. The van der Waals surface area contributed by atoms with Crippen LogP contribution in [0.15, 0.2) is 27.6 Å². The van der Waals surface area contributed by atoms with Crippen LogP contribution in [0.5, 0.6) is 0 Å². The van der Waals surface area contributed by atoms with Gasteiger partial charge in [0.25, 0.3) is 0 Å². The van der Waals surface area contributed by atoms with Gasteiger partial charge in [-0.15, -0.1) is 12.4 Å². The number of halogens is 3. The number of nitrogens with zero attached hydrogens (tertiary/aromatic N) is 1. The minimum absolute atomic E-state index is 0. The highest BCUT2D eigenvalue weighted by Crippen LogP contribution is 2.36. The van der Waals surface area contributed by atoms with Gasteiger partial charge in [0.2, 0.25) is 10.0 Å². The predicted molar refractivity (Wildman–Crippen MR) is 86.9 cm³/mol. The molecule has 0 radical (unpaired) electrons. The molecule has 1 saturated heterocycles. The molecule has 0 aromatic heterocycles. The average molecular weight is 404 g/mol. The Balaban J connectivity index is 0.00000200.